The number of aromatic nitrogens is 2. The van der Waals surface area contributed by atoms with Gasteiger partial charge in [0, 0.05) is 35.2 Å². The number of H-pyrrole nitrogens is 1. The second kappa shape index (κ2) is 6.88. The number of amides is 1. The van der Waals surface area contributed by atoms with Crippen LogP contribution in [-0.2, 0) is 4.79 Å². The summed E-state index contributed by atoms with van der Waals surface area (Å²) in [7, 11) is 0. The predicted molar refractivity (Wildman–Crippen MR) is 114 cm³/mol. The van der Waals surface area contributed by atoms with Crippen LogP contribution in [0.5, 0.6) is 5.75 Å². The number of anilines is 1. The molecule has 2 aromatic carbocycles. The number of aryl methyl sites for hydroxylation is 1. The number of oxazole rings is 1. The number of rotatable bonds is 2. The number of hydrogen-bond acceptors (Lipinski definition) is 5. The number of ether oxygens (including phenoxy) is 1. The van der Waals surface area contributed by atoms with Crippen molar-refractivity contribution in [2.45, 2.75) is 13.8 Å². The van der Waals surface area contributed by atoms with E-state index in [9.17, 15) is 9.59 Å². The molecule has 0 atom stereocenters. The summed E-state index contributed by atoms with van der Waals surface area (Å²) in [5.74, 6) is 1.24. The molecule has 1 aliphatic rings. The van der Waals surface area contributed by atoms with Crippen molar-refractivity contribution in [3.8, 4) is 28.3 Å². The van der Waals surface area contributed by atoms with Gasteiger partial charge in [0.15, 0.2) is 17.6 Å². The molecule has 30 heavy (non-hydrogen) atoms. The van der Waals surface area contributed by atoms with Crippen LogP contribution in [0, 0.1) is 6.92 Å². The first-order valence-electron chi connectivity index (χ1n) is 9.63. The Morgan fingerprint density at radius 1 is 1.20 bits per heavy atom. The van der Waals surface area contributed by atoms with Crippen molar-refractivity contribution in [2.75, 3.05) is 18.1 Å². The SMILES string of the molecule is CC(=O)N1CCOc2ccc(-c3cc(=O)c4cc(-c5cnco5)c(C)cc4[nH]3)cc21. The van der Waals surface area contributed by atoms with E-state index < -0.39 is 0 Å². The quantitative estimate of drug-likeness (QED) is 0.550. The van der Waals surface area contributed by atoms with Gasteiger partial charge in [0.25, 0.3) is 0 Å². The Morgan fingerprint density at radius 3 is 2.83 bits per heavy atom. The molecule has 0 saturated carbocycles. The highest BCUT2D eigenvalue weighted by Gasteiger charge is 2.22. The van der Waals surface area contributed by atoms with Gasteiger partial charge in [0.05, 0.1) is 23.9 Å². The van der Waals surface area contributed by atoms with Crippen LogP contribution in [0.25, 0.3) is 33.5 Å². The average molecular weight is 401 g/mol. The van der Waals surface area contributed by atoms with Crippen molar-refractivity contribution in [3.63, 3.8) is 0 Å². The number of nitrogens with zero attached hydrogens (tertiary/aromatic N) is 2. The maximum Gasteiger partial charge on any atom is 0.224 e. The molecular weight excluding hydrogens is 382 g/mol. The molecule has 7 heteroatoms. The molecule has 2 aromatic heterocycles. The molecular formula is C23H19N3O4. The molecule has 150 valence electrons. The van der Waals surface area contributed by atoms with E-state index in [2.05, 4.69) is 9.97 Å². The minimum atomic E-state index is -0.100. The van der Waals surface area contributed by atoms with E-state index in [1.807, 2.05) is 37.3 Å². The summed E-state index contributed by atoms with van der Waals surface area (Å²) in [5.41, 5.74) is 4.63. The van der Waals surface area contributed by atoms with E-state index in [4.69, 9.17) is 9.15 Å². The van der Waals surface area contributed by atoms with Gasteiger partial charge in [-0.15, -0.1) is 0 Å². The number of pyridine rings is 1. The fourth-order valence-corrected chi connectivity index (χ4v) is 3.89. The van der Waals surface area contributed by atoms with Gasteiger partial charge in [-0.3, -0.25) is 9.59 Å². The number of nitrogens with one attached hydrogen (secondary N) is 1. The molecule has 1 amide bonds. The van der Waals surface area contributed by atoms with E-state index in [1.165, 1.54) is 13.3 Å². The lowest BCUT2D eigenvalue weighted by atomic mass is 10.0. The van der Waals surface area contributed by atoms with Crippen molar-refractivity contribution in [3.05, 3.63) is 64.8 Å². The topological polar surface area (TPSA) is 88.4 Å². The number of carbonyl (C=O) groups excluding carboxylic acids is 1. The Morgan fingerprint density at radius 2 is 2.07 bits per heavy atom. The third-order valence-corrected chi connectivity index (χ3v) is 5.39. The van der Waals surface area contributed by atoms with E-state index >= 15 is 0 Å². The van der Waals surface area contributed by atoms with Crippen LogP contribution < -0.4 is 15.1 Å². The highest BCUT2D eigenvalue weighted by Crippen LogP contribution is 2.35. The second-order valence-electron chi connectivity index (χ2n) is 7.33. The number of aromatic amines is 1. The van der Waals surface area contributed by atoms with Crippen LogP contribution >= 0.6 is 0 Å². The van der Waals surface area contributed by atoms with Gasteiger partial charge in [0.2, 0.25) is 5.91 Å². The number of hydrogen-bond donors (Lipinski definition) is 1. The maximum absolute atomic E-state index is 12.9. The summed E-state index contributed by atoms with van der Waals surface area (Å²) in [6.07, 6.45) is 3.00. The molecule has 4 aromatic rings. The molecule has 1 N–H and O–H groups in total. The lowest BCUT2D eigenvalue weighted by Gasteiger charge is -2.29. The molecule has 0 bridgehead atoms. The van der Waals surface area contributed by atoms with E-state index in [-0.39, 0.29) is 11.3 Å². The molecule has 0 fully saturated rings. The van der Waals surface area contributed by atoms with Gasteiger partial charge >= 0.3 is 0 Å². The van der Waals surface area contributed by atoms with Gasteiger partial charge in [0.1, 0.15) is 12.4 Å². The smallest absolute Gasteiger partial charge is 0.224 e. The lowest BCUT2D eigenvalue weighted by Crippen LogP contribution is -2.36. The van der Waals surface area contributed by atoms with Crippen LogP contribution in [0.2, 0.25) is 0 Å². The summed E-state index contributed by atoms with van der Waals surface area (Å²) in [6, 6.07) is 10.9. The lowest BCUT2D eigenvalue weighted by molar-refractivity contribution is -0.116. The van der Waals surface area contributed by atoms with Gasteiger partial charge in [-0.25, -0.2) is 4.98 Å². The molecule has 7 nitrogen and oxygen atoms in total. The first-order valence-corrected chi connectivity index (χ1v) is 9.63. The van der Waals surface area contributed by atoms with Gasteiger partial charge < -0.3 is 19.0 Å². The van der Waals surface area contributed by atoms with E-state index in [0.29, 0.717) is 41.4 Å². The Hall–Kier alpha value is -3.87. The number of benzene rings is 2. The van der Waals surface area contributed by atoms with Crippen molar-refractivity contribution < 1.29 is 13.9 Å². The monoisotopic (exact) mass is 401 g/mol. The van der Waals surface area contributed by atoms with Crippen LogP contribution in [0.1, 0.15) is 12.5 Å². The Bertz CT molecular complexity index is 1340. The largest absolute Gasteiger partial charge is 0.490 e. The summed E-state index contributed by atoms with van der Waals surface area (Å²) < 4.78 is 11.1. The minimum Gasteiger partial charge on any atom is -0.490 e. The van der Waals surface area contributed by atoms with Crippen LogP contribution in [-0.4, -0.2) is 29.0 Å². The Labute approximate surface area is 171 Å². The fraction of sp³-hybridized carbons (Fsp3) is 0.174. The van der Waals surface area contributed by atoms with Crippen molar-refractivity contribution >= 4 is 22.5 Å². The van der Waals surface area contributed by atoms with Crippen molar-refractivity contribution in [1.82, 2.24) is 9.97 Å². The summed E-state index contributed by atoms with van der Waals surface area (Å²) in [4.78, 5) is 33.9. The minimum absolute atomic E-state index is 0.0423. The van der Waals surface area contributed by atoms with Crippen molar-refractivity contribution in [2.24, 2.45) is 0 Å². The van der Waals surface area contributed by atoms with Gasteiger partial charge in [-0.2, -0.15) is 0 Å². The molecule has 3 heterocycles. The average Bonchev–Trinajstić information content (AvgIpc) is 3.26. The first kappa shape index (κ1) is 18.2. The first-order chi connectivity index (χ1) is 14.5. The Kier molecular flexibility index (Phi) is 4.17. The third-order valence-electron chi connectivity index (χ3n) is 5.39. The molecule has 0 aliphatic carbocycles. The van der Waals surface area contributed by atoms with Crippen LogP contribution in [0.4, 0.5) is 5.69 Å². The summed E-state index contributed by atoms with van der Waals surface area (Å²) in [5, 5.41) is 0.572. The number of fused-ring (bicyclic) bond motifs is 2. The van der Waals surface area contributed by atoms with Crippen LogP contribution in [0.3, 0.4) is 0 Å². The van der Waals surface area contributed by atoms with Gasteiger partial charge in [-0.05, 0) is 42.8 Å². The molecule has 0 spiro atoms. The number of carbonyl (C=O) groups is 1. The standard InChI is InChI=1S/C23H19N3O4/c1-13-7-19-17(9-16(13)23-11-24-12-30-23)21(28)10-18(25-19)15-3-4-22-20(8-15)26(14(2)27)5-6-29-22/h3-4,7-12H,5-6H2,1-2H3,(H,25,28). The van der Waals surface area contributed by atoms with E-state index in [0.717, 1.165) is 22.2 Å². The molecule has 1 aliphatic heterocycles. The molecule has 0 saturated heterocycles. The normalized spacial score (nSPS) is 13.2. The highest BCUT2D eigenvalue weighted by molar-refractivity contribution is 5.95. The molecule has 0 radical (unpaired) electrons. The van der Waals surface area contributed by atoms with E-state index in [1.54, 1.807) is 17.2 Å². The zero-order valence-electron chi connectivity index (χ0n) is 16.6. The van der Waals surface area contributed by atoms with Gasteiger partial charge in [-0.1, -0.05) is 0 Å². The van der Waals surface area contributed by atoms with Crippen LogP contribution in [0.15, 0.2) is 58.2 Å². The predicted octanol–water partition coefficient (Wildman–Crippen LogP) is 3.90. The molecule has 0 unspecified atom stereocenters. The van der Waals surface area contributed by atoms with Crippen molar-refractivity contribution in [1.29, 1.82) is 0 Å². The fourth-order valence-electron chi connectivity index (χ4n) is 3.89. The molecule has 5 rings (SSSR count). The third kappa shape index (κ3) is 2.95. The summed E-state index contributed by atoms with van der Waals surface area (Å²) in [6.45, 7) is 4.47. The summed E-state index contributed by atoms with van der Waals surface area (Å²) >= 11 is 0. The zero-order chi connectivity index (χ0) is 20.8. The zero-order valence-corrected chi connectivity index (χ0v) is 16.6. The Balaban J connectivity index is 1.64. The second-order valence-corrected chi connectivity index (χ2v) is 7.33. The maximum atomic E-state index is 12.9. The highest BCUT2D eigenvalue weighted by atomic mass is 16.5.